The normalized spacial score (nSPS) is 20.3. The summed E-state index contributed by atoms with van der Waals surface area (Å²) in [5, 5.41) is 3.39. The van der Waals surface area contributed by atoms with E-state index in [9.17, 15) is 4.79 Å². The molecule has 1 amide bonds. The summed E-state index contributed by atoms with van der Waals surface area (Å²) in [5.41, 5.74) is 3.25. The topological polar surface area (TPSA) is 64.3 Å². The Balaban J connectivity index is 0.00000131. The number of aromatic nitrogens is 2. The van der Waals surface area contributed by atoms with Gasteiger partial charge in [-0.1, -0.05) is 12.1 Å². The molecule has 2 N–H and O–H groups in total. The van der Waals surface area contributed by atoms with Gasteiger partial charge in [-0.3, -0.25) is 9.69 Å². The number of halogens is 2. The molecular formula is C19H29Cl2N5O. The number of fused-ring (bicyclic) bond motifs is 1. The molecule has 3 heterocycles. The number of hydrogen-bond acceptors (Lipinski definition) is 4. The van der Waals surface area contributed by atoms with E-state index in [1.807, 2.05) is 17.0 Å². The number of aromatic amines is 1. The van der Waals surface area contributed by atoms with Gasteiger partial charge in [0, 0.05) is 58.2 Å². The highest BCUT2D eigenvalue weighted by molar-refractivity contribution is 5.85. The van der Waals surface area contributed by atoms with Crippen LogP contribution in [0.4, 0.5) is 0 Å². The number of carbonyl (C=O) groups excluding carboxylic acids is 1. The van der Waals surface area contributed by atoms with Gasteiger partial charge in [-0.05, 0) is 25.0 Å². The zero-order valence-corrected chi connectivity index (χ0v) is 17.4. The lowest BCUT2D eigenvalue weighted by Crippen LogP contribution is -2.49. The molecule has 2 aromatic rings. The lowest BCUT2D eigenvalue weighted by molar-refractivity contribution is -0.130. The van der Waals surface area contributed by atoms with E-state index in [-0.39, 0.29) is 30.7 Å². The van der Waals surface area contributed by atoms with Crippen LogP contribution in [0.2, 0.25) is 0 Å². The van der Waals surface area contributed by atoms with E-state index >= 15 is 0 Å². The summed E-state index contributed by atoms with van der Waals surface area (Å²) in [6.45, 7) is 8.19. The molecule has 1 atom stereocenters. The quantitative estimate of drug-likeness (QED) is 0.805. The van der Waals surface area contributed by atoms with Gasteiger partial charge in [0.15, 0.2) is 0 Å². The number of rotatable bonds is 4. The first-order valence-electron chi connectivity index (χ1n) is 9.37. The van der Waals surface area contributed by atoms with Crippen LogP contribution in [0.3, 0.4) is 0 Å². The second kappa shape index (κ2) is 9.73. The highest BCUT2D eigenvalue weighted by atomic mass is 35.5. The molecule has 8 heteroatoms. The third kappa shape index (κ3) is 4.93. The van der Waals surface area contributed by atoms with Crippen LogP contribution in [0, 0.1) is 6.92 Å². The standard InChI is InChI=1S/C19H27N5O.2ClH/c1-14-3-2-4-16-19(14)22-17(21-16)5-6-18(25)24-10-7-15(13-24)23-11-8-20-9-12-23;;/h2-4,15,20H,5-13H2,1H3,(H,21,22);2*1H. The Bertz CT molecular complexity index is 760. The molecule has 4 rings (SSSR count). The molecule has 2 aliphatic heterocycles. The second-order valence-electron chi connectivity index (χ2n) is 7.22. The Labute approximate surface area is 172 Å². The van der Waals surface area contributed by atoms with Crippen LogP contribution >= 0.6 is 24.8 Å². The van der Waals surface area contributed by atoms with Crippen molar-refractivity contribution in [1.82, 2.24) is 25.1 Å². The summed E-state index contributed by atoms with van der Waals surface area (Å²) >= 11 is 0. The van der Waals surface area contributed by atoms with Gasteiger partial charge < -0.3 is 15.2 Å². The number of carbonyl (C=O) groups is 1. The fourth-order valence-electron chi connectivity index (χ4n) is 4.04. The Kier molecular flexibility index (Phi) is 7.91. The monoisotopic (exact) mass is 413 g/mol. The van der Waals surface area contributed by atoms with Crippen molar-refractivity contribution < 1.29 is 4.79 Å². The van der Waals surface area contributed by atoms with Crippen molar-refractivity contribution in [2.45, 2.75) is 32.2 Å². The maximum absolute atomic E-state index is 12.6. The summed E-state index contributed by atoms with van der Waals surface area (Å²) in [6, 6.07) is 6.68. The van der Waals surface area contributed by atoms with Crippen molar-refractivity contribution in [3.8, 4) is 0 Å². The number of nitrogens with zero attached hydrogens (tertiary/aromatic N) is 3. The predicted molar refractivity (Wildman–Crippen MR) is 113 cm³/mol. The van der Waals surface area contributed by atoms with Crippen LogP contribution in [0.25, 0.3) is 11.0 Å². The average molecular weight is 414 g/mol. The number of nitrogens with one attached hydrogen (secondary N) is 2. The van der Waals surface area contributed by atoms with Gasteiger partial charge in [-0.25, -0.2) is 4.98 Å². The van der Waals surface area contributed by atoms with Gasteiger partial charge >= 0.3 is 0 Å². The van der Waals surface area contributed by atoms with Gasteiger partial charge in [0.1, 0.15) is 5.82 Å². The van der Waals surface area contributed by atoms with E-state index < -0.39 is 0 Å². The molecule has 0 bridgehead atoms. The minimum Gasteiger partial charge on any atom is -0.342 e. The number of amides is 1. The molecule has 27 heavy (non-hydrogen) atoms. The molecule has 0 aliphatic carbocycles. The van der Waals surface area contributed by atoms with E-state index in [2.05, 4.69) is 33.2 Å². The summed E-state index contributed by atoms with van der Waals surface area (Å²) in [6.07, 6.45) is 2.32. The predicted octanol–water partition coefficient (Wildman–Crippen LogP) is 2.15. The third-order valence-electron chi connectivity index (χ3n) is 5.52. The Morgan fingerprint density at radius 1 is 1.22 bits per heavy atom. The molecule has 2 saturated heterocycles. The SMILES string of the molecule is Cc1cccc2[nH]c(CCC(=O)N3CCC(N4CCNCC4)C3)nc12.Cl.Cl. The van der Waals surface area contributed by atoms with Crippen LogP contribution in [0.1, 0.15) is 24.2 Å². The minimum atomic E-state index is 0. The number of hydrogen-bond donors (Lipinski definition) is 2. The molecular weight excluding hydrogens is 385 g/mol. The summed E-state index contributed by atoms with van der Waals surface area (Å²) in [7, 11) is 0. The molecule has 0 saturated carbocycles. The summed E-state index contributed by atoms with van der Waals surface area (Å²) in [4.78, 5) is 25.2. The average Bonchev–Trinajstić information content (AvgIpc) is 3.28. The molecule has 2 aliphatic rings. The van der Waals surface area contributed by atoms with Gasteiger partial charge in [-0.15, -0.1) is 24.8 Å². The summed E-state index contributed by atoms with van der Waals surface area (Å²) in [5.74, 6) is 1.17. The van der Waals surface area contributed by atoms with Crippen molar-refractivity contribution in [1.29, 1.82) is 0 Å². The minimum absolute atomic E-state index is 0. The number of aryl methyl sites for hydroxylation is 2. The highest BCUT2D eigenvalue weighted by Gasteiger charge is 2.30. The van der Waals surface area contributed by atoms with E-state index in [1.165, 1.54) is 5.56 Å². The Morgan fingerprint density at radius 3 is 2.74 bits per heavy atom. The zero-order chi connectivity index (χ0) is 17.2. The first-order chi connectivity index (χ1) is 12.2. The van der Waals surface area contributed by atoms with E-state index in [0.29, 0.717) is 18.9 Å². The molecule has 1 aromatic carbocycles. The second-order valence-corrected chi connectivity index (χ2v) is 7.22. The van der Waals surface area contributed by atoms with Crippen molar-refractivity contribution in [3.63, 3.8) is 0 Å². The number of likely N-dealkylation sites (tertiary alicyclic amines) is 1. The van der Waals surface area contributed by atoms with Crippen molar-refractivity contribution >= 4 is 41.8 Å². The van der Waals surface area contributed by atoms with E-state index in [1.54, 1.807) is 0 Å². The van der Waals surface area contributed by atoms with Gasteiger partial charge in [0.25, 0.3) is 0 Å². The van der Waals surface area contributed by atoms with E-state index in [0.717, 1.165) is 62.5 Å². The van der Waals surface area contributed by atoms with Gasteiger partial charge in [-0.2, -0.15) is 0 Å². The summed E-state index contributed by atoms with van der Waals surface area (Å²) < 4.78 is 0. The number of benzene rings is 1. The molecule has 0 radical (unpaired) electrons. The van der Waals surface area contributed by atoms with Crippen molar-refractivity contribution in [2.24, 2.45) is 0 Å². The zero-order valence-electron chi connectivity index (χ0n) is 15.7. The fourth-order valence-corrected chi connectivity index (χ4v) is 4.04. The number of imidazole rings is 1. The molecule has 6 nitrogen and oxygen atoms in total. The molecule has 150 valence electrons. The van der Waals surface area contributed by atoms with Gasteiger partial charge in [0.2, 0.25) is 5.91 Å². The van der Waals surface area contributed by atoms with E-state index in [4.69, 9.17) is 0 Å². The fraction of sp³-hybridized carbons (Fsp3) is 0.579. The lowest BCUT2D eigenvalue weighted by atomic mass is 10.2. The van der Waals surface area contributed by atoms with Crippen LogP contribution in [-0.4, -0.2) is 71.0 Å². The molecule has 1 aromatic heterocycles. The first kappa shape index (κ1) is 22.0. The third-order valence-corrected chi connectivity index (χ3v) is 5.52. The number of H-pyrrole nitrogens is 1. The van der Waals surface area contributed by atoms with Crippen LogP contribution in [0.5, 0.6) is 0 Å². The number of para-hydroxylation sites is 1. The lowest BCUT2D eigenvalue weighted by Gasteiger charge is -2.32. The van der Waals surface area contributed by atoms with Crippen LogP contribution in [0.15, 0.2) is 18.2 Å². The smallest absolute Gasteiger partial charge is 0.223 e. The molecule has 2 fully saturated rings. The largest absolute Gasteiger partial charge is 0.342 e. The Morgan fingerprint density at radius 2 is 2.00 bits per heavy atom. The van der Waals surface area contributed by atoms with Crippen molar-refractivity contribution in [3.05, 3.63) is 29.6 Å². The van der Waals surface area contributed by atoms with Gasteiger partial charge in [0.05, 0.1) is 11.0 Å². The Hall–Kier alpha value is -1.34. The maximum atomic E-state index is 12.6. The maximum Gasteiger partial charge on any atom is 0.223 e. The molecule has 1 unspecified atom stereocenters. The highest BCUT2D eigenvalue weighted by Crippen LogP contribution is 2.19. The molecule has 0 spiro atoms. The van der Waals surface area contributed by atoms with Crippen LogP contribution in [-0.2, 0) is 11.2 Å². The van der Waals surface area contributed by atoms with Crippen molar-refractivity contribution in [2.75, 3.05) is 39.3 Å². The van der Waals surface area contributed by atoms with Crippen LogP contribution < -0.4 is 5.32 Å². The number of piperazine rings is 1. The first-order valence-corrected chi connectivity index (χ1v) is 9.37.